The summed E-state index contributed by atoms with van der Waals surface area (Å²) >= 11 is 0. The standard InChI is InChI=1S/C14H26N2O/c1-17-13-4-5-16(12(8-13)9-15)14-7-10-2-3-11(14)6-10/h10-14H,2-9,15H2,1H3. The Morgan fingerprint density at radius 1 is 1.18 bits per heavy atom. The molecule has 3 aliphatic rings. The molecule has 3 heteroatoms. The van der Waals surface area contributed by atoms with Crippen molar-refractivity contribution in [1.29, 1.82) is 0 Å². The van der Waals surface area contributed by atoms with Gasteiger partial charge in [0.05, 0.1) is 6.10 Å². The largest absolute Gasteiger partial charge is 0.381 e. The summed E-state index contributed by atoms with van der Waals surface area (Å²) in [7, 11) is 1.84. The lowest BCUT2D eigenvalue weighted by atomic mass is 9.89. The van der Waals surface area contributed by atoms with Gasteiger partial charge in [-0.15, -0.1) is 0 Å². The van der Waals surface area contributed by atoms with Crippen molar-refractivity contribution >= 4 is 0 Å². The fourth-order valence-corrected chi connectivity index (χ4v) is 4.53. The number of piperidine rings is 1. The van der Waals surface area contributed by atoms with Gasteiger partial charge in [0.1, 0.15) is 0 Å². The molecule has 1 heterocycles. The summed E-state index contributed by atoms with van der Waals surface area (Å²) in [6, 6.07) is 1.41. The Labute approximate surface area is 105 Å². The highest BCUT2D eigenvalue weighted by molar-refractivity contribution is 4.98. The molecule has 0 aromatic rings. The highest BCUT2D eigenvalue weighted by Crippen LogP contribution is 2.47. The predicted molar refractivity (Wildman–Crippen MR) is 68.8 cm³/mol. The number of nitrogens with two attached hydrogens (primary N) is 1. The first-order valence-electron chi connectivity index (χ1n) is 7.30. The molecule has 98 valence electrons. The summed E-state index contributed by atoms with van der Waals surface area (Å²) in [6.07, 6.45) is 8.67. The van der Waals surface area contributed by atoms with Gasteiger partial charge in [0.25, 0.3) is 0 Å². The number of hydrogen-bond donors (Lipinski definition) is 1. The third-order valence-corrected chi connectivity index (χ3v) is 5.45. The van der Waals surface area contributed by atoms with Crippen molar-refractivity contribution in [1.82, 2.24) is 4.90 Å². The average Bonchev–Trinajstić information content (AvgIpc) is 3.00. The minimum atomic E-state index is 0.443. The van der Waals surface area contributed by atoms with Crippen LogP contribution in [0.25, 0.3) is 0 Å². The number of ether oxygens (including phenoxy) is 1. The van der Waals surface area contributed by atoms with Crippen molar-refractivity contribution in [3.05, 3.63) is 0 Å². The Bertz CT molecular complexity index is 271. The minimum Gasteiger partial charge on any atom is -0.381 e. The van der Waals surface area contributed by atoms with Crippen LogP contribution in [0.4, 0.5) is 0 Å². The van der Waals surface area contributed by atoms with Crippen LogP contribution in [0.5, 0.6) is 0 Å². The summed E-state index contributed by atoms with van der Waals surface area (Å²) in [5, 5.41) is 0. The lowest BCUT2D eigenvalue weighted by Crippen LogP contribution is -2.54. The van der Waals surface area contributed by atoms with Crippen LogP contribution < -0.4 is 5.73 Å². The molecule has 2 bridgehead atoms. The Hall–Kier alpha value is -0.120. The molecular weight excluding hydrogens is 212 g/mol. The predicted octanol–water partition coefficient (Wildman–Crippen LogP) is 1.61. The van der Waals surface area contributed by atoms with Gasteiger partial charge in [-0.3, -0.25) is 4.90 Å². The maximum Gasteiger partial charge on any atom is 0.0599 e. The molecule has 0 aromatic heterocycles. The normalized spacial score (nSPS) is 46.6. The van der Waals surface area contributed by atoms with Crippen molar-refractivity contribution in [2.45, 2.75) is 56.7 Å². The fourth-order valence-electron chi connectivity index (χ4n) is 4.53. The monoisotopic (exact) mass is 238 g/mol. The van der Waals surface area contributed by atoms with Gasteiger partial charge in [0.2, 0.25) is 0 Å². The van der Waals surface area contributed by atoms with Gasteiger partial charge in [-0.1, -0.05) is 6.42 Å². The van der Waals surface area contributed by atoms with Crippen molar-refractivity contribution in [3.8, 4) is 0 Å². The number of nitrogens with zero attached hydrogens (tertiary/aromatic N) is 1. The first kappa shape index (κ1) is 11.9. The van der Waals surface area contributed by atoms with Crippen LogP contribution >= 0.6 is 0 Å². The second-order valence-electron chi connectivity index (χ2n) is 6.25. The number of hydrogen-bond acceptors (Lipinski definition) is 3. The van der Waals surface area contributed by atoms with Crippen LogP contribution in [0.2, 0.25) is 0 Å². The van der Waals surface area contributed by atoms with E-state index in [1.807, 2.05) is 7.11 Å². The molecular formula is C14H26N2O. The first-order chi connectivity index (χ1) is 8.31. The van der Waals surface area contributed by atoms with Crippen LogP contribution in [0.1, 0.15) is 38.5 Å². The van der Waals surface area contributed by atoms with Gasteiger partial charge in [0, 0.05) is 32.3 Å². The highest BCUT2D eigenvalue weighted by atomic mass is 16.5. The maximum atomic E-state index is 5.98. The summed E-state index contributed by atoms with van der Waals surface area (Å²) in [4.78, 5) is 2.74. The maximum absolute atomic E-state index is 5.98. The van der Waals surface area contributed by atoms with E-state index in [0.29, 0.717) is 12.1 Å². The van der Waals surface area contributed by atoms with E-state index >= 15 is 0 Å². The van der Waals surface area contributed by atoms with Crippen molar-refractivity contribution < 1.29 is 4.74 Å². The molecule has 17 heavy (non-hydrogen) atoms. The number of rotatable bonds is 3. The Balaban J connectivity index is 1.66. The van der Waals surface area contributed by atoms with Crippen molar-refractivity contribution in [2.24, 2.45) is 17.6 Å². The van der Waals surface area contributed by atoms with Crippen molar-refractivity contribution in [2.75, 3.05) is 20.2 Å². The van der Waals surface area contributed by atoms with E-state index in [1.54, 1.807) is 0 Å². The van der Waals surface area contributed by atoms with Crippen LogP contribution in [0.3, 0.4) is 0 Å². The molecule has 0 amide bonds. The molecule has 0 spiro atoms. The van der Waals surface area contributed by atoms with E-state index in [-0.39, 0.29) is 0 Å². The SMILES string of the molecule is COC1CCN(C2CC3CCC2C3)C(CN)C1. The minimum absolute atomic E-state index is 0.443. The molecule has 0 radical (unpaired) electrons. The molecule has 3 fully saturated rings. The molecule has 5 unspecified atom stereocenters. The van der Waals surface area contributed by atoms with Crippen molar-refractivity contribution in [3.63, 3.8) is 0 Å². The molecule has 5 atom stereocenters. The van der Waals surface area contributed by atoms with Gasteiger partial charge in [0.15, 0.2) is 0 Å². The Morgan fingerprint density at radius 3 is 2.65 bits per heavy atom. The van der Waals surface area contributed by atoms with Gasteiger partial charge in [-0.2, -0.15) is 0 Å². The van der Waals surface area contributed by atoms with E-state index in [4.69, 9.17) is 10.5 Å². The third-order valence-electron chi connectivity index (χ3n) is 5.45. The second kappa shape index (κ2) is 4.87. The number of fused-ring (bicyclic) bond motifs is 2. The molecule has 2 saturated carbocycles. The Kier molecular flexibility index (Phi) is 3.42. The van der Waals surface area contributed by atoms with Gasteiger partial charge < -0.3 is 10.5 Å². The topological polar surface area (TPSA) is 38.5 Å². The molecule has 1 aliphatic heterocycles. The molecule has 1 saturated heterocycles. The van der Waals surface area contributed by atoms with Crippen LogP contribution in [0, 0.1) is 11.8 Å². The van der Waals surface area contributed by atoms with E-state index in [1.165, 1.54) is 38.6 Å². The van der Waals surface area contributed by atoms with E-state index in [2.05, 4.69) is 4.90 Å². The average molecular weight is 238 g/mol. The lowest BCUT2D eigenvalue weighted by molar-refractivity contribution is -0.0147. The van der Waals surface area contributed by atoms with Gasteiger partial charge in [-0.05, 0) is 43.9 Å². The zero-order valence-corrected chi connectivity index (χ0v) is 11.0. The van der Waals surface area contributed by atoms with Crippen LogP contribution in [0.15, 0.2) is 0 Å². The van der Waals surface area contributed by atoms with E-state index in [9.17, 15) is 0 Å². The fraction of sp³-hybridized carbons (Fsp3) is 1.00. The second-order valence-corrected chi connectivity index (χ2v) is 6.25. The van der Waals surface area contributed by atoms with Crippen LogP contribution in [-0.2, 0) is 4.74 Å². The first-order valence-corrected chi connectivity index (χ1v) is 7.30. The summed E-state index contributed by atoms with van der Waals surface area (Å²) in [6.45, 7) is 2.00. The molecule has 3 nitrogen and oxygen atoms in total. The highest BCUT2D eigenvalue weighted by Gasteiger charge is 2.44. The smallest absolute Gasteiger partial charge is 0.0599 e. The van der Waals surface area contributed by atoms with Crippen LogP contribution in [-0.4, -0.2) is 43.3 Å². The molecule has 2 aliphatic carbocycles. The summed E-state index contributed by atoms with van der Waals surface area (Å²) in [5.74, 6) is 2.01. The summed E-state index contributed by atoms with van der Waals surface area (Å²) in [5.41, 5.74) is 5.98. The number of methoxy groups -OCH3 is 1. The molecule has 2 N–H and O–H groups in total. The molecule has 0 aromatic carbocycles. The van der Waals surface area contributed by atoms with E-state index in [0.717, 1.165) is 30.8 Å². The zero-order valence-electron chi connectivity index (χ0n) is 11.0. The van der Waals surface area contributed by atoms with E-state index < -0.39 is 0 Å². The number of likely N-dealkylation sites (tertiary alicyclic amines) is 1. The lowest BCUT2D eigenvalue weighted by Gasteiger charge is -2.44. The quantitative estimate of drug-likeness (QED) is 0.812. The third kappa shape index (κ3) is 2.13. The van der Waals surface area contributed by atoms with Gasteiger partial charge in [-0.25, -0.2) is 0 Å². The zero-order chi connectivity index (χ0) is 11.8. The Morgan fingerprint density at radius 2 is 2.06 bits per heavy atom. The molecule has 3 rings (SSSR count). The van der Waals surface area contributed by atoms with Gasteiger partial charge >= 0.3 is 0 Å². The summed E-state index contributed by atoms with van der Waals surface area (Å²) < 4.78 is 5.51.